The first-order chi connectivity index (χ1) is 10.6. The monoisotopic (exact) mass is 365 g/mol. The Labute approximate surface area is 140 Å². The summed E-state index contributed by atoms with van der Waals surface area (Å²) in [6, 6.07) is 13.5. The molecule has 0 atom stereocenters. The molecule has 3 nitrogen and oxygen atoms in total. The van der Waals surface area contributed by atoms with E-state index in [1.807, 2.05) is 36.4 Å². The van der Waals surface area contributed by atoms with Crippen LogP contribution in [0.15, 0.2) is 42.5 Å². The first-order valence-corrected chi connectivity index (χ1v) is 6.95. The van der Waals surface area contributed by atoms with Crippen LogP contribution in [0.25, 0.3) is 11.1 Å². The Bertz CT molecular complexity index is 673. The number of carboxylic acid groups (broad SMARTS) is 1. The quantitative estimate of drug-likeness (QED) is 0.806. The third-order valence-corrected chi connectivity index (χ3v) is 3.22. The first-order valence-electron chi connectivity index (χ1n) is 6.19. The molecule has 0 fully saturated rings. The lowest BCUT2D eigenvalue weighted by Gasteiger charge is -2.05. The maximum Gasteiger partial charge on any atom is 0.490 e. The molecule has 0 aromatic heterocycles. The van der Waals surface area contributed by atoms with Gasteiger partial charge in [-0.05, 0) is 23.3 Å². The summed E-state index contributed by atoms with van der Waals surface area (Å²) in [4.78, 5) is 8.90. The highest BCUT2D eigenvalue weighted by molar-refractivity contribution is 6.36. The molecule has 2 aromatic rings. The van der Waals surface area contributed by atoms with Crippen molar-refractivity contribution >= 4 is 29.2 Å². The molecule has 0 unspecified atom stereocenters. The fraction of sp³-hybridized carbons (Fsp3) is 0.133. The minimum atomic E-state index is -5.08. The predicted molar refractivity (Wildman–Crippen MR) is 83.5 cm³/mol. The van der Waals surface area contributed by atoms with Gasteiger partial charge in [0.2, 0.25) is 0 Å². The van der Waals surface area contributed by atoms with Crippen molar-refractivity contribution in [1.82, 2.24) is 0 Å². The van der Waals surface area contributed by atoms with E-state index in [2.05, 4.69) is 0 Å². The fourth-order valence-corrected chi connectivity index (χ4v) is 2.06. The van der Waals surface area contributed by atoms with Crippen LogP contribution >= 0.6 is 23.2 Å². The van der Waals surface area contributed by atoms with Crippen molar-refractivity contribution in [3.05, 3.63) is 58.1 Å². The van der Waals surface area contributed by atoms with Crippen molar-refractivity contribution in [2.45, 2.75) is 12.7 Å². The van der Waals surface area contributed by atoms with Crippen LogP contribution in [0.1, 0.15) is 5.56 Å². The summed E-state index contributed by atoms with van der Waals surface area (Å²) in [5, 5.41) is 8.43. The predicted octanol–water partition coefficient (Wildman–Crippen LogP) is 4.75. The number of aliphatic carboxylic acids is 1. The van der Waals surface area contributed by atoms with E-state index in [0.29, 0.717) is 16.6 Å². The Hall–Kier alpha value is -1.76. The summed E-state index contributed by atoms with van der Waals surface area (Å²) in [6.07, 6.45) is -5.08. The van der Waals surface area contributed by atoms with Gasteiger partial charge in [0.25, 0.3) is 0 Å². The van der Waals surface area contributed by atoms with Crippen LogP contribution in [0.5, 0.6) is 0 Å². The highest BCUT2D eigenvalue weighted by atomic mass is 35.5. The summed E-state index contributed by atoms with van der Waals surface area (Å²) < 4.78 is 31.7. The largest absolute Gasteiger partial charge is 0.490 e. The van der Waals surface area contributed by atoms with Crippen molar-refractivity contribution in [3.63, 3.8) is 0 Å². The zero-order valence-corrected chi connectivity index (χ0v) is 13.1. The highest BCUT2D eigenvalue weighted by Crippen LogP contribution is 2.30. The Balaban J connectivity index is 0.000000322. The molecule has 0 bridgehead atoms. The summed E-state index contributed by atoms with van der Waals surface area (Å²) in [5.74, 6) is -2.76. The molecule has 8 heteroatoms. The average Bonchev–Trinajstić information content (AvgIpc) is 2.47. The van der Waals surface area contributed by atoms with Gasteiger partial charge in [0.1, 0.15) is 0 Å². The molecular formula is C15H12Cl2F3NO2. The zero-order valence-electron chi connectivity index (χ0n) is 11.6. The molecule has 0 saturated carbocycles. The average molecular weight is 366 g/mol. The fourth-order valence-electron chi connectivity index (χ4n) is 1.54. The molecule has 23 heavy (non-hydrogen) atoms. The number of benzene rings is 2. The van der Waals surface area contributed by atoms with Gasteiger partial charge >= 0.3 is 12.1 Å². The number of rotatable bonds is 2. The van der Waals surface area contributed by atoms with Crippen molar-refractivity contribution in [1.29, 1.82) is 0 Å². The van der Waals surface area contributed by atoms with E-state index < -0.39 is 12.1 Å². The van der Waals surface area contributed by atoms with Gasteiger partial charge in [0, 0.05) is 22.2 Å². The molecule has 124 valence electrons. The van der Waals surface area contributed by atoms with Crippen molar-refractivity contribution in [2.75, 3.05) is 0 Å². The standard InChI is InChI=1S/C13H11Cl2N.C2HF3O2/c14-11-5-6-12(13(15)7-11)10-3-1-9(8-16)2-4-10;3-2(4,5)1(6)7/h1-7H,8,16H2;(H,6,7). The maximum atomic E-state index is 10.6. The van der Waals surface area contributed by atoms with Crippen LogP contribution in [0.4, 0.5) is 13.2 Å². The second kappa shape index (κ2) is 8.19. The van der Waals surface area contributed by atoms with Gasteiger partial charge in [-0.25, -0.2) is 4.79 Å². The molecule has 2 rings (SSSR count). The van der Waals surface area contributed by atoms with Crippen LogP contribution in [-0.4, -0.2) is 17.3 Å². The van der Waals surface area contributed by atoms with Gasteiger partial charge in [-0.1, -0.05) is 53.5 Å². The van der Waals surface area contributed by atoms with Gasteiger partial charge in [0.05, 0.1) is 0 Å². The normalized spacial score (nSPS) is 10.7. The molecule has 0 heterocycles. The number of hydrogen-bond acceptors (Lipinski definition) is 2. The second-order valence-electron chi connectivity index (χ2n) is 4.33. The number of halogens is 5. The lowest BCUT2D eigenvalue weighted by Crippen LogP contribution is -2.21. The Morgan fingerprint density at radius 3 is 2.00 bits per heavy atom. The molecule has 0 radical (unpaired) electrons. The van der Waals surface area contributed by atoms with E-state index in [-0.39, 0.29) is 0 Å². The lowest BCUT2D eigenvalue weighted by molar-refractivity contribution is -0.192. The van der Waals surface area contributed by atoms with Gasteiger partial charge in [-0.3, -0.25) is 0 Å². The minimum absolute atomic E-state index is 0.550. The second-order valence-corrected chi connectivity index (χ2v) is 5.17. The van der Waals surface area contributed by atoms with E-state index >= 15 is 0 Å². The molecule has 0 aliphatic heterocycles. The Morgan fingerprint density at radius 2 is 1.61 bits per heavy atom. The van der Waals surface area contributed by atoms with Crippen LogP contribution in [0, 0.1) is 0 Å². The van der Waals surface area contributed by atoms with Crippen LogP contribution in [0.2, 0.25) is 10.0 Å². The van der Waals surface area contributed by atoms with E-state index in [1.165, 1.54) is 0 Å². The van der Waals surface area contributed by atoms with Gasteiger partial charge in [-0.2, -0.15) is 13.2 Å². The van der Waals surface area contributed by atoms with Crippen molar-refractivity contribution in [3.8, 4) is 11.1 Å². The van der Waals surface area contributed by atoms with Gasteiger partial charge in [0.15, 0.2) is 0 Å². The molecule has 0 spiro atoms. The Kier molecular flexibility index (Phi) is 6.87. The molecule has 0 aliphatic carbocycles. The van der Waals surface area contributed by atoms with Gasteiger partial charge in [-0.15, -0.1) is 0 Å². The third-order valence-electron chi connectivity index (χ3n) is 2.67. The Morgan fingerprint density at radius 1 is 1.09 bits per heavy atom. The summed E-state index contributed by atoms with van der Waals surface area (Å²) in [6.45, 7) is 0.550. The van der Waals surface area contributed by atoms with E-state index in [4.69, 9.17) is 38.8 Å². The molecule has 0 saturated heterocycles. The number of carboxylic acids is 1. The number of nitrogens with two attached hydrogens (primary N) is 1. The molecule has 2 aromatic carbocycles. The zero-order chi connectivity index (χ0) is 17.6. The maximum absolute atomic E-state index is 10.6. The SMILES string of the molecule is NCc1ccc(-c2ccc(Cl)cc2Cl)cc1.O=C(O)C(F)(F)F. The first kappa shape index (κ1) is 19.3. The van der Waals surface area contributed by atoms with Gasteiger partial charge < -0.3 is 10.8 Å². The van der Waals surface area contributed by atoms with Crippen LogP contribution in [0.3, 0.4) is 0 Å². The highest BCUT2D eigenvalue weighted by Gasteiger charge is 2.38. The smallest absolute Gasteiger partial charge is 0.475 e. The van der Waals surface area contributed by atoms with E-state index in [1.54, 1.807) is 6.07 Å². The van der Waals surface area contributed by atoms with Crippen molar-refractivity contribution < 1.29 is 23.1 Å². The summed E-state index contributed by atoms with van der Waals surface area (Å²) in [5.41, 5.74) is 8.70. The number of alkyl halides is 3. The van der Waals surface area contributed by atoms with Crippen LogP contribution in [-0.2, 0) is 11.3 Å². The lowest BCUT2D eigenvalue weighted by atomic mass is 10.0. The number of carbonyl (C=O) groups is 1. The minimum Gasteiger partial charge on any atom is -0.475 e. The molecule has 0 amide bonds. The molecule has 3 N–H and O–H groups in total. The summed E-state index contributed by atoms with van der Waals surface area (Å²) in [7, 11) is 0. The third kappa shape index (κ3) is 6.09. The van der Waals surface area contributed by atoms with E-state index in [9.17, 15) is 13.2 Å². The van der Waals surface area contributed by atoms with Crippen LogP contribution < -0.4 is 5.73 Å². The van der Waals surface area contributed by atoms with E-state index in [0.717, 1.165) is 16.7 Å². The molecule has 0 aliphatic rings. The van der Waals surface area contributed by atoms with Crippen molar-refractivity contribution in [2.24, 2.45) is 5.73 Å². The molecular weight excluding hydrogens is 354 g/mol. The number of hydrogen-bond donors (Lipinski definition) is 2. The summed E-state index contributed by atoms with van der Waals surface area (Å²) >= 11 is 12.0. The topological polar surface area (TPSA) is 63.3 Å².